The highest BCUT2D eigenvalue weighted by Gasteiger charge is 2.34. The first-order valence-electron chi connectivity index (χ1n) is 14.0. The van der Waals surface area contributed by atoms with Crippen molar-refractivity contribution in [1.29, 1.82) is 0 Å². The SMILES string of the molecule is O=C1Oc2c3c(ccc2=C1c1ccc(-c2scc4c2SCCS4)cc1)=C(c1ccc(-c2scc4c2SCCS4)cc1)C(=O)O3. The fraction of sp³-hybridized carbons (Fsp3) is 0.118. The molecule has 4 aliphatic heterocycles. The first-order chi connectivity index (χ1) is 21.6. The summed E-state index contributed by atoms with van der Waals surface area (Å²) in [7, 11) is 0. The Hall–Kier alpha value is -2.86. The van der Waals surface area contributed by atoms with Crippen LogP contribution in [0, 0.1) is 0 Å². The molecule has 0 saturated carbocycles. The molecule has 2 aromatic heterocycles. The Morgan fingerprint density at radius 1 is 0.477 bits per heavy atom. The van der Waals surface area contributed by atoms with Crippen LogP contribution >= 0.6 is 69.7 Å². The van der Waals surface area contributed by atoms with Crippen LogP contribution in [0.4, 0.5) is 0 Å². The van der Waals surface area contributed by atoms with Crippen molar-refractivity contribution in [2.24, 2.45) is 0 Å². The Morgan fingerprint density at radius 3 is 1.30 bits per heavy atom. The van der Waals surface area contributed by atoms with Gasteiger partial charge in [0, 0.05) is 73.5 Å². The predicted molar refractivity (Wildman–Crippen MR) is 184 cm³/mol. The molecule has 216 valence electrons. The molecule has 10 heteroatoms. The maximum atomic E-state index is 13.2. The third-order valence-electron chi connectivity index (χ3n) is 7.92. The van der Waals surface area contributed by atoms with Gasteiger partial charge < -0.3 is 9.47 Å². The fourth-order valence-electron chi connectivity index (χ4n) is 5.91. The van der Waals surface area contributed by atoms with Crippen molar-refractivity contribution < 1.29 is 19.1 Å². The van der Waals surface area contributed by atoms with Crippen LogP contribution in [0.2, 0.25) is 0 Å². The lowest BCUT2D eigenvalue weighted by molar-refractivity contribution is -0.129. The number of ether oxygens (including phenoxy) is 2. The average molecular weight is 685 g/mol. The van der Waals surface area contributed by atoms with Crippen molar-refractivity contribution in [3.63, 3.8) is 0 Å². The second-order valence-electron chi connectivity index (χ2n) is 10.4. The molecule has 9 rings (SSSR count). The Kier molecular flexibility index (Phi) is 6.79. The third kappa shape index (κ3) is 4.37. The van der Waals surface area contributed by atoms with Crippen molar-refractivity contribution in [2.45, 2.75) is 19.6 Å². The minimum Gasteiger partial charge on any atom is -0.418 e. The standard InChI is InChI=1S/C34H20O4S6/c35-33-25(17-1-5-19(6-2-17)29-31-23(15-43-29)39-11-13-41-31)21-9-10-22-26(34(36)38-28(22)27(21)37-33)18-3-7-20(8-4-18)30-32-24(16-44-30)40-12-14-42-32/h1-10,15-16H,11-14H2. The fourth-order valence-corrected chi connectivity index (χ4v) is 13.6. The molecule has 0 bridgehead atoms. The van der Waals surface area contributed by atoms with E-state index in [1.54, 1.807) is 22.7 Å². The van der Waals surface area contributed by atoms with Crippen LogP contribution in [0.5, 0.6) is 11.5 Å². The van der Waals surface area contributed by atoms with Gasteiger partial charge in [0.25, 0.3) is 0 Å². The Bertz CT molecular complexity index is 2000. The van der Waals surface area contributed by atoms with Crippen LogP contribution < -0.4 is 19.9 Å². The van der Waals surface area contributed by atoms with Gasteiger partial charge in [0.1, 0.15) is 0 Å². The molecule has 44 heavy (non-hydrogen) atoms. The van der Waals surface area contributed by atoms with E-state index in [1.807, 2.05) is 83.4 Å². The van der Waals surface area contributed by atoms with Gasteiger partial charge in [-0.1, -0.05) is 48.5 Å². The summed E-state index contributed by atoms with van der Waals surface area (Å²) in [6.45, 7) is 0. The molecule has 0 spiro atoms. The Morgan fingerprint density at radius 2 is 0.864 bits per heavy atom. The minimum absolute atomic E-state index is 0.312. The van der Waals surface area contributed by atoms with Gasteiger partial charge in [0.15, 0.2) is 11.5 Å². The van der Waals surface area contributed by atoms with Gasteiger partial charge in [0.05, 0.1) is 11.1 Å². The summed E-state index contributed by atoms with van der Waals surface area (Å²) in [6.07, 6.45) is 0. The van der Waals surface area contributed by atoms with Crippen LogP contribution in [0.1, 0.15) is 11.1 Å². The van der Waals surface area contributed by atoms with Gasteiger partial charge in [-0.25, -0.2) is 9.59 Å². The lowest BCUT2D eigenvalue weighted by Crippen LogP contribution is -2.11. The second kappa shape index (κ2) is 10.9. The minimum atomic E-state index is -0.439. The number of carbonyl (C=O) groups excluding carboxylic acids is 2. The molecule has 0 amide bonds. The van der Waals surface area contributed by atoms with Crippen LogP contribution in [0.25, 0.3) is 32.0 Å². The zero-order chi connectivity index (χ0) is 29.4. The van der Waals surface area contributed by atoms with E-state index in [-0.39, 0.29) is 0 Å². The van der Waals surface area contributed by atoms with E-state index < -0.39 is 11.9 Å². The highest BCUT2D eigenvalue weighted by Crippen LogP contribution is 2.48. The van der Waals surface area contributed by atoms with Crippen LogP contribution in [0.3, 0.4) is 0 Å². The summed E-state index contributed by atoms with van der Waals surface area (Å²) in [4.78, 5) is 34.4. The maximum Gasteiger partial charge on any atom is 0.345 e. The van der Waals surface area contributed by atoms with E-state index in [4.69, 9.17) is 9.47 Å². The topological polar surface area (TPSA) is 52.6 Å². The molecule has 0 radical (unpaired) electrons. The van der Waals surface area contributed by atoms with Crippen molar-refractivity contribution >= 4 is 92.8 Å². The molecule has 3 aromatic carbocycles. The number of esters is 2. The summed E-state index contributed by atoms with van der Waals surface area (Å²) in [5, 5.41) is 5.77. The van der Waals surface area contributed by atoms with Crippen molar-refractivity contribution in [2.75, 3.05) is 23.0 Å². The lowest BCUT2D eigenvalue weighted by atomic mass is 9.99. The van der Waals surface area contributed by atoms with E-state index in [1.165, 1.54) is 29.3 Å². The molecule has 0 saturated heterocycles. The number of thiophene rings is 2. The molecule has 4 aliphatic rings. The van der Waals surface area contributed by atoms with E-state index >= 15 is 0 Å². The number of rotatable bonds is 4. The largest absolute Gasteiger partial charge is 0.418 e. The predicted octanol–water partition coefficient (Wildman–Crippen LogP) is 7.78. The monoisotopic (exact) mass is 684 g/mol. The molecule has 0 atom stereocenters. The normalized spacial score (nSPS) is 16.7. The summed E-state index contributed by atoms with van der Waals surface area (Å²) >= 11 is 11.2. The van der Waals surface area contributed by atoms with Crippen LogP contribution in [0.15, 0.2) is 91.0 Å². The average Bonchev–Trinajstić information content (AvgIpc) is 3.83. The summed E-state index contributed by atoms with van der Waals surface area (Å²) < 4.78 is 11.5. The Labute approximate surface area is 278 Å². The quantitative estimate of drug-likeness (QED) is 0.141. The van der Waals surface area contributed by atoms with E-state index in [9.17, 15) is 9.59 Å². The maximum absolute atomic E-state index is 13.2. The smallest absolute Gasteiger partial charge is 0.345 e. The lowest BCUT2D eigenvalue weighted by Gasteiger charge is -2.12. The van der Waals surface area contributed by atoms with Gasteiger partial charge in [-0.3, -0.25) is 0 Å². The van der Waals surface area contributed by atoms with Gasteiger partial charge in [-0.2, -0.15) is 0 Å². The molecular weight excluding hydrogens is 665 g/mol. The number of hydrogen-bond acceptors (Lipinski definition) is 10. The van der Waals surface area contributed by atoms with Crippen LogP contribution in [-0.2, 0) is 9.59 Å². The first kappa shape index (κ1) is 27.5. The highest BCUT2D eigenvalue weighted by molar-refractivity contribution is 8.06. The zero-order valence-corrected chi connectivity index (χ0v) is 27.7. The second-order valence-corrected chi connectivity index (χ2v) is 16.7. The van der Waals surface area contributed by atoms with E-state index in [2.05, 4.69) is 35.0 Å². The van der Waals surface area contributed by atoms with E-state index in [0.717, 1.165) is 45.3 Å². The molecule has 0 unspecified atom stereocenters. The number of benzene rings is 3. The summed E-state index contributed by atoms with van der Waals surface area (Å²) in [5.41, 5.74) is 4.81. The summed E-state index contributed by atoms with van der Waals surface area (Å²) in [5.74, 6) is 4.28. The molecule has 0 aliphatic carbocycles. The Balaban J connectivity index is 1.08. The number of thioether (sulfide) groups is 4. The number of hydrogen-bond donors (Lipinski definition) is 0. The van der Waals surface area contributed by atoms with Crippen LogP contribution in [-0.4, -0.2) is 35.0 Å². The number of carbonyl (C=O) groups is 2. The van der Waals surface area contributed by atoms with Gasteiger partial charge >= 0.3 is 11.9 Å². The summed E-state index contributed by atoms with van der Waals surface area (Å²) in [6, 6.07) is 20.0. The first-order valence-corrected chi connectivity index (χ1v) is 19.7. The van der Waals surface area contributed by atoms with Gasteiger partial charge in [-0.05, 0) is 34.4 Å². The van der Waals surface area contributed by atoms with Crippen molar-refractivity contribution in [3.05, 3.63) is 93.0 Å². The molecule has 4 nitrogen and oxygen atoms in total. The molecule has 0 N–H and O–H groups in total. The molecular formula is C34H20O4S6. The molecule has 0 fully saturated rings. The van der Waals surface area contributed by atoms with Crippen molar-refractivity contribution in [1.82, 2.24) is 0 Å². The van der Waals surface area contributed by atoms with Gasteiger partial charge in [-0.15, -0.1) is 69.7 Å². The zero-order valence-electron chi connectivity index (χ0n) is 22.8. The molecule has 5 aromatic rings. The third-order valence-corrected chi connectivity index (χ3v) is 15.6. The highest BCUT2D eigenvalue weighted by atomic mass is 32.2. The van der Waals surface area contributed by atoms with E-state index in [0.29, 0.717) is 33.1 Å². The molecule has 6 heterocycles. The van der Waals surface area contributed by atoms with Crippen molar-refractivity contribution in [3.8, 4) is 32.4 Å². The number of fused-ring (bicyclic) bond motifs is 5. The van der Waals surface area contributed by atoms with Gasteiger partial charge in [0.2, 0.25) is 0 Å².